The van der Waals surface area contributed by atoms with Gasteiger partial charge >= 0.3 is 5.97 Å². The number of carbonyl (C=O) groups excluding carboxylic acids is 2. The van der Waals surface area contributed by atoms with Crippen molar-refractivity contribution in [2.45, 2.75) is 20.5 Å². The third-order valence-corrected chi connectivity index (χ3v) is 4.54. The molecule has 0 spiro atoms. The maximum Gasteiger partial charge on any atom is 0.316 e. The lowest BCUT2D eigenvalue weighted by molar-refractivity contribution is -0.141. The first kappa shape index (κ1) is 19.5. The summed E-state index contributed by atoms with van der Waals surface area (Å²) in [4.78, 5) is 23.8. The fourth-order valence-electron chi connectivity index (χ4n) is 2.32. The zero-order valence-electron chi connectivity index (χ0n) is 14.7. The van der Waals surface area contributed by atoms with Crippen LogP contribution in [0.15, 0.2) is 42.5 Å². The molecule has 0 unspecified atom stereocenters. The second-order valence-electron chi connectivity index (χ2n) is 5.79. The molecule has 0 fully saturated rings. The van der Waals surface area contributed by atoms with E-state index in [1.54, 1.807) is 24.3 Å². The number of nitriles is 1. The van der Waals surface area contributed by atoms with Crippen LogP contribution in [0.5, 0.6) is 0 Å². The van der Waals surface area contributed by atoms with Gasteiger partial charge in [0.1, 0.15) is 6.61 Å². The molecule has 0 heterocycles. The SMILES string of the molecule is Cc1ccc(NC(=O)CSCC(=O)OCc2ccccc2C#N)c(C)c1. The van der Waals surface area contributed by atoms with Crippen LogP contribution < -0.4 is 5.32 Å². The first-order valence-corrected chi connectivity index (χ1v) is 9.23. The molecule has 0 radical (unpaired) electrons. The zero-order chi connectivity index (χ0) is 18.9. The largest absolute Gasteiger partial charge is 0.460 e. The smallest absolute Gasteiger partial charge is 0.316 e. The summed E-state index contributed by atoms with van der Waals surface area (Å²) in [6.45, 7) is 3.99. The number of nitrogens with one attached hydrogen (secondary N) is 1. The minimum atomic E-state index is -0.415. The molecule has 0 atom stereocenters. The van der Waals surface area contributed by atoms with Gasteiger partial charge in [-0.25, -0.2) is 0 Å². The van der Waals surface area contributed by atoms with Crippen LogP contribution in [0.25, 0.3) is 0 Å². The highest BCUT2D eigenvalue weighted by atomic mass is 32.2. The topological polar surface area (TPSA) is 79.2 Å². The van der Waals surface area contributed by atoms with Crippen molar-refractivity contribution in [2.24, 2.45) is 0 Å². The van der Waals surface area contributed by atoms with E-state index in [1.165, 1.54) is 11.8 Å². The monoisotopic (exact) mass is 368 g/mol. The van der Waals surface area contributed by atoms with Crippen LogP contribution in [0.4, 0.5) is 5.69 Å². The average Bonchev–Trinajstić information content (AvgIpc) is 2.62. The fourth-order valence-corrected chi connectivity index (χ4v) is 2.93. The molecule has 1 amide bonds. The molecule has 0 aromatic heterocycles. The minimum absolute atomic E-state index is 0.0535. The summed E-state index contributed by atoms with van der Waals surface area (Å²) in [5.74, 6) is -0.335. The maximum atomic E-state index is 12.0. The molecular weight excluding hydrogens is 348 g/mol. The molecule has 5 nitrogen and oxygen atoms in total. The van der Waals surface area contributed by atoms with Gasteiger partial charge < -0.3 is 10.1 Å². The molecule has 2 aromatic rings. The number of thioether (sulfide) groups is 1. The lowest BCUT2D eigenvalue weighted by atomic mass is 10.1. The van der Waals surface area contributed by atoms with Gasteiger partial charge in [-0.05, 0) is 31.5 Å². The van der Waals surface area contributed by atoms with Crippen molar-refractivity contribution < 1.29 is 14.3 Å². The molecule has 1 N–H and O–H groups in total. The summed E-state index contributed by atoms with van der Waals surface area (Å²) < 4.78 is 5.16. The number of rotatable bonds is 7. The molecule has 0 aliphatic rings. The molecule has 134 valence electrons. The summed E-state index contributed by atoms with van der Waals surface area (Å²) in [5.41, 5.74) is 4.06. The van der Waals surface area contributed by atoms with Crippen LogP contribution in [-0.4, -0.2) is 23.4 Å². The van der Waals surface area contributed by atoms with Gasteiger partial charge in [0, 0.05) is 11.3 Å². The fraction of sp³-hybridized carbons (Fsp3) is 0.250. The number of amides is 1. The number of nitrogens with zero attached hydrogens (tertiary/aromatic N) is 1. The Hall–Kier alpha value is -2.78. The molecular formula is C20H20N2O3S. The quantitative estimate of drug-likeness (QED) is 0.756. The Labute approximate surface area is 157 Å². The molecule has 2 aromatic carbocycles. The second-order valence-corrected chi connectivity index (χ2v) is 6.77. The van der Waals surface area contributed by atoms with E-state index in [1.807, 2.05) is 32.0 Å². The molecule has 26 heavy (non-hydrogen) atoms. The van der Waals surface area contributed by atoms with E-state index in [9.17, 15) is 9.59 Å². The van der Waals surface area contributed by atoms with Gasteiger partial charge in [0.05, 0.1) is 23.1 Å². The van der Waals surface area contributed by atoms with Crippen LogP contribution in [0.2, 0.25) is 0 Å². The van der Waals surface area contributed by atoms with Gasteiger partial charge in [-0.2, -0.15) is 5.26 Å². The van der Waals surface area contributed by atoms with Crippen LogP contribution in [0.1, 0.15) is 22.3 Å². The van der Waals surface area contributed by atoms with Crippen molar-refractivity contribution in [2.75, 3.05) is 16.8 Å². The summed E-state index contributed by atoms with van der Waals surface area (Å²) in [5, 5.41) is 11.8. The third-order valence-electron chi connectivity index (χ3n) is 3.64. The van der Waals surface area contributed by atoms with E-state index in [0.29, 0.717) is 11.1 Å². The Morgan fingerprint density at radius 2 is 1.92 bits per heavy atom. The molecule has 2 rings (SSSR count). The Balaban J connectivity index is 1.72. The summed E-state index contributed by atoms with van der Waals surface area (Å²) >= 11 is 1.19. The predicted octanol–water partition coefficient (Wildman–Crippen LogP) is 3.59. The summed E-state index contributed by atoms with van der Waals surface area (Å²) in [6, 6.07) is 14.8. The lowest BCUT2D eigenvalue weighted by Crippen LogP contribution is -2.17. The summed E-state index contributed by atoms with van der Waals surface area (Å²) in [7, 11) is 0. The minimum Gasteiger partial charge on any atom is -0.460 e. The number of hydrogen-bond acceptors (Lipinski definition) is 5. The van der Waals surface area contributed by atoms with E-state index in [0.717, 1.165) is 16.8 Å². The second kappa shape index (κ2) is 9.64. The molecule has 0 saturated heterocycles. The van der Waals surface area contributed by atoms with Gasteiger partial charge in [0.2, 0.25) is 5.91 Å². The molecule has 6 heteroatoms. The highest BCUT2D eigenvalue weighted by Gasteiger charge is 2.09. The highest BCUT2D eigenvalue weighted by molar-refractivity contribution is 8.00. The van der Waals surface area contributed by atoms with Crippen LogP contribution in [0.3, 0.4) is 0 Å². The molecule has 0 saturated carbocycles. The van der Waals surface area contributed by atoms with Crippen molar-refractivity contribution in [1.29, 1.82) is 5.26 Å². The molecule has 0 aliphatic carbocycles. The van der Waals surface area contributed by atoms with Gasteiger partial charge in [-0.15, -0.1) is 11.8 Å². The number of anilines is 1. The Bertz CT molecular complexity index is 843. The Kier molecular flexibility index (Phi) is 7.24. The first-order chi connectivity index (χ1) is 12.5. The highest BCUT2D eigenvalue weighted by Crippen LogP contribution is 2.16. The number of ether oxygens (including phenoxy) is 1. The van der Waals surface area contributed by atoms with Crippen LogP contribution in [0, 0.1) is 25.2 Å². The van der Waals surface area contributed by atoms with E-state index in [4.69, 9.17) is 10.00 Å². The Morgan fingerprint density at radius 3 is 2.65 bits per heavy atom. The predicted molar refractivity (Wildman–Crippen MR) is 103 cm³/mol. The van der Waals surface area contributed by atoms with Crippen molar-refractivity contribution in [3.63, 3.8) is 0 Å². The standard InChI is InChI=1S/C20H20N2O3S/c1-14-7-8-18(15(2)9-14)22-19(23)12-26-13-20(24)25-11-17-6-4-3-5-16(17)10-21/h3-9H,11-13H2,1-2H3,(H,22,23). The normalized spacial score (nSPS) is 10.0. The van der Waals surface area contributed by atoms with Crippen LogP contribution >= 0.6 is 11.8 Å². The zero-order valence-corrected chi connectivity index (χ0v) is 15.6. The van der Waals surface area contributed by atoms with Gasteiger partial charge in [-0.1, -0.05) is 35.9 Å². The number of hydrogen-bond donors (Lipinski definition) is 1. The van der Waals surface area contributed by atoms with Gasteiger partial charge in [0.25, 0.3) is 0 Å². The molecule has 0 aliphatic heterocycles. The number of esters is 1. The first-order valence-electron chi connectivity index (χ1n) is 8.08. The van der Waals surface area contributed by atoms with Crippen molar-refractivity contribution >= 4 is 29.3 Å². The van der Waals surface area contributed by atoms with E-state index in [-0.39, 0.29) is 24.0 Å². The van der Waals surface area contributed by atoms with Crippen molar-refractivity contribution in [3.8, 4) is 6.07 Å². The lowest BCUT2D eigenvalue weighted by Gasteiger charge is -2.09. The van der Waals surface area contributed by atoms with Crippen molar-refractivity contribution in [1.82, 2.24) is 0 Å². The van der Waals surface area contributed by atoms with Crippen LogP contribution in [-0.2, 0) is 20.9 Å². The Morgan fingerprint density at radius 1 is 1.15 bits per heavy atom. The van der Waals surface area contributed by atoms with E-state index < -0.39 is 5.97 Å². The number of benzene rings is 2. The summed E-state index contributed by atoms with van der Waals surface area (Å²) in [6.07, 6.45) is 0. The van der Waals surface area contributed by atoms with Gasteiger partial charge in [0.15, 0.2) is 0 Å². The van der Waals surface area contributed by atoms with Gasteiger partial charge in [-0.3, -0.25) is 9.59 Å². The number of aryl methyl sites for hydroxylation is 2. The third kappa shape index (κ3) is 5.94. The maximum absolute atomic E-state index is 12.0. The van der Waals surface area contributed by atoms with E-state index in [2.05, 4.69) is 11.4 Å². The van der Waals surface area contributed by atoms with E-state index >= 15 is 0 Å². The van der Waals surface area contributed by atoms with Crippen molar-refractivity contribution in [3.05, 3.63) is 64.7 Å². The molecule has 0 bridgehead atoms. The average molecular weight is 368 g/mol. The number of carbonyl (C=O) groups is 2.